The van der Waals surface area contributed by atoms with Gasteiger partial charge in [0.15, 0.2) is 5.69 Å². The van der Waals surface area contributed by atoms with Crippen LogP contribution >= 0.6 is 24.2 Å². The second kappa shape index (κ2) is 19.5. The number of thiol groups is 1. The van der Waals surface area contributed by atoms with Gasteiger partial charge in [-0.05, 0) is 11.8 Å². The Hall–Kier alpha value is -2.45. The van der Waals surface area contributed by atoms with Crippen molar-refractivity contribution in [1.29, 1.82) is 0 Å². The monoisotopic (exact) mass is 475 g/mol. The van der Waals surface area contributed by atoms with E-state index in [2.05, 4.69) is 29.5 Å². The Balaban J connectivity index is 0. The van der Waals surface area contributed by atoms with E-state index in [4.69, 9.17) is 16.4 Å². The van der Waals surface area contributed by atoms with E-state index in [1.54, 1.807) is 30.6 Å². The number of aromatic nitrogens is 2. The standard InChI is InChI=1S/C13H12F3N3O.C6H7Cl.C2H6.CH4S/c1-19-8-11(12(18-19)13(14,15)16)7-17-20-9-10-5-3-2-4-6-10;1-2-3-4-5-6-7;2*1-2/h2-8H,9H2,1H3;2-6H,1H2;1-2H3;2H,1H3/b17-7+;4-3-,6-5+;;. The second-order valence-corrected chi connectivity index (χ2v) is 5.29. The van der Waals surface area contributed by atoms with Gasteiger partial charge in [0, 0.05) is 24.3 Å². The molecule has 0 atom stereocenters. The Kier molecular flexibility index (Phi) is 19.3. The van der Waals surface area contributed by atoms with Crippen LogP contribution in [0.4, 0.5) is 13.2 Å². The average Bonchev–Trinajstić information content (AvgIpc) is 3.17. The maximum Gasteiger partial charge on any atom is 0.435 e. The highest BCUT2D eigenvalue weighted by Crippen LogP contribution is 2.29. The summed E-state index contributed by atoms with van der Waals surface area (Å²) < 4.78 is 39.1. The molecule has 2 aromatic rings. The van der Waals surface area contributed by atoms with Crippen molar-refractivity contribution >= 4 is 30.4 Å². The number of hydrogen-bond donors (Lipinski definition) is 1. The molecular weight excluding hydrogens is 447 g/mol. The number of benzene rings is 1. The number of oxime groups is 1. The molecule has 31 heavy (non-hydrogen) atoms. The zero-order chi connectivity index (χ0) is 24.1. The van der Waals surface area contributed by atoms with Gasteiger partial charge in [-0.1, -0.05) is 91.8 Å². The summed E-state index contributed by atoms with van der Waals surface area (Å²) in [7, 11) is 1.41. The normalized spacial score (nSPS) is 10.6. The molecule has 1 aromatic heterocycles. The minimum absolute atomic E-state index is 0.131. The van der Waals surface area contributed by atoms with Crippen molar-refractivity contribution < 1.29 is 18.0 Å². The average molecular weight is 476 g/mol. The van der Waals surface area contributed by atoms with Gasteiger partial charge >= 0.3 is 6.18 Å². The lowest BCUT2D eigenvalue weighted by atomic mass is 10.2. The van der Waals surface area contributed by atoms with E-state index in [-0.39, 0.29) is 12.2 Å². The molecule has 4 nitrogen and oxygen atoms in total. The first-order valence-corrected chi connectivity index (χ1v) is 10.5. The van der Waals surface area contributed by atoms with Crippen LogP contribution in [0.15, 0.2) is 78.1 Å². The van der Waals surface area contributed by atoms with Crippen LogP contribution in [0, 0.1) is 0 Å². The van der Waals surface area contributed by atoms with E-state index in [1.807, 2.05) is 44.2 Å². The molecule has 0 spiro atoms. The van der Waals surface area contributed by atoms with Crippen LogP contribution < -0.4 is 0 Å². The number of halogens is 4. The fourth-order valence-corrected chi connectivity index (χ4v) is 1.87. The van der Waals surface area contributed by atoms with E-state index in [0.717, 1.165) is 16.5 Å². The molecule has 0 N–H and O–H groups in total. The Morgan fingerprint density at radius 1 is 1.16 bits per heavy atom. The molecule has 0 aliphatic carbocycles. The summed E-state index contributed by atoms with van der Waals surface area (Å²) in [6.07, 6.45) is 6.46. The Labute approximate surface area is 193 Å². The highest BCUT2D eigenvalue weighted by molar-refractivity contribution is 7.79. The molecule has 0 bridgehead atoms. The van der Waals surface area contributed by atoms with Crippen LogP contribution in [0.5, 0.6) is 0 Å². The Morgan fingerprint density at radius 2 is 1.77 bits per heavy atom. The Bertz CT molecular complexity index is 789. The van der Waals surface area contributed by atoms with Crippen molar-refractivity contribution in [3.8, 4) is 0 Å². The summed E-state index contributed by atoms with van der Waals surface area (Å²) in [5, 5.41) is 6.91. The zero-order valence-electron chi connectivity index (χ0n) is 18.1. The number of rotatable bonds is 6. The number of allylic oxidation sites excluding steroid dienone is 4. The van der Waals surface area contributed by atoms with Gasteiger partial charge < -0.3 is 4.84 Å². The summed E-state index contributed by atoms with van der Waals surface area (Å²) in [6.45, 7) is 7.66. The molecule has 0 aliphatic heterocycles. The molecule has 0 amide bonds. The lowest BCUT2D eigenvalue weighted by Crippen LogP contribution is -2.09. The van der Waals surface area contributed by atoms with Gasteiger partial charge in [0.05, 0.1) is 6.21 Å². The van der Waals surface area contributed by atoms with Crippen molar-refractivity contribution in [2.45, 2.75) is 26.6 Å². The molecule has 172 valence electrons. The number of nitrogens with zero attached hydrogens (tertiary/aromatic N) is 3. The molecular formula is C22H29ClF3N3OS. The first kappa shape index (κ1) is 30.7. The largest absolute Gasteiger partial charge is 0.435 e. The van der Waals surface area contributed by atoms with Crippen LogP contribution in [0.25, 0.3) is 0 Å². The smallest absolute Gasteiger partial charge is 0.391 e. The molecule has 0 fully saturated rings. The molecule has 0 radical (unpaired) electrons. The van der Waals surface area contributed by atoms with Crippen LogP contribution in [0.3, 0.4) is 0 Å². The first-order chi connectivity index (χ1) is 14.9. The number of alkyl halides is 3. The van der Waals surface area contributed by atoms with Gasteiger partial charge in [-0.2, -0.15) is 30.9 Å². The minimum atomic E-state index is -4.51. The predicted octanol–water partition coefficient (Wildman–Crippen LogP) is 7.04. The molecule has 9 heteroatoms. The minimum Gasteiger partial charge on any atom is -0.391 e. The third kappa shape index (κ3) is 15.1. The Morgan fingerprint density at radius 3 is 2.29 bits per heavy atom. The molecule has 1 aromatic carbocycles. The maximum atomic E-state index is 12.7. The van der Waals surface area contributed by atoms with Crippen molar-refractivity contribution in [3.05, 3.63) is 89.8 Å². The van der Waals surface area contributed by atoms with E-state index in [0.29, 0.717) is 0 Å². The summed E-state index contributed by atoms with van der Waals surface area (Å²) in [5.74, 6) is 0. The SMILES string of the molecule is C=C/C=C\C=C\Cl.CC.CS.Cn1cc(/C=N/OCc2ccccc2)c(C(F)(F)F)n1. The molecule has 1 heterocycles. The van der Waals surface area contributed by atoms with Gasteiger partial charge in [0.2, 0.25) is 0 Å². The quantitative estimate of drug-likeness (QED) is 0.210. The third-order valence-electron chi connectivity index (χ3n) is 2.90. The van der Waals surface area contributed by atoms with Gasteiger partial charge in [0.1, 0.15) is 6.61 Å². The van der Waals surface area contributed by atoms with E-state index < -0.39 is 11.9 Å². The lowest BCUT2D eigenvalue weighted by molar-refractivity contribution is -0.141. The van der Waals surface area contributed by atoms with Gasteiger partial charge in [-0.3, -0.25) is 4.68 Å². The summed E-state index contributed by atoms with van der Waals surface area (Å²) in [6, 6.07) is 9.20. The topological polar surface area (TPSA) is 39.4 Å². The number of aryl methyl sites for hydroxylation is 1. The van der Waals surface area contributed by atoms with E-state index in [1.165, 1.54) is 18.8 Å². The van der Waals surface area contributed by atoms with Crippen LogP contribution in [-0.2, 0) is 24.7 Å². The maximum absolute atomic E-state index is 12.7. The van der Waals surface area contributed by atoms with Crippen molar-refractivity contribution in [3.63, 3.8) is 0 Å². The molecule has 2 rings (SSSR count). The molecule has 0 saturated carbocycles. The fourth-order valence-electron chi connectivity index (χ4n) is 1.79. The first-order valence-electron chi connectivity index (χ1n) is 9.17. The summed E-state index contributed by atoms with van der Waals surface area (Å²) in [4.78, 5) is 4.97. The van der Waals surface area contributed by atoms with Gasteiger partial charge in [0.25, 0.3) is 0 Å². The highest BCUT2D eigenvalue weighted by atomic mass is 35.5. The van der Waals surface area contributed by atoms with Crippen LogP contribution in [0.1, 0.15) is 30.7 Å². The molecule has 0 saturated heterocycles. The van der Waals surface area contributed by atoms with Crippen LogP contribution in [0.2, 0.25) is 0 Å². The predicted molar refractivity (Wildman–Crippen MR) is 128 cm³/mol. The zero-order valence-corrected chi connectivity index (χ0v) is 19.7. The van der Waals surface area contributed by atoms with E-state index in [9.17, 15) is 13.2 Å². The van der Waals surface area contributed by atoms with Gasteiger partial charge in [-0.25, -0.2) is 0 Å². The summed E-state index contributed by atoms with van der Waals surface area (Å²) in [5.41, 5.74) is 1.21. The number of hydrogen-bond acceptors (Lipinski definition) is 4. The van der Waals surface area contributed by atoms with Gasteiger partial charge in [-0.15, -0.1) is 0 Å². The highest BCUT2D eigenvalue weighted by Gasteiger charge is 2.36. The fraction of sp³-hybridized carbons (Fsp3) is 0.273. The molecule has 0 unspecified atom stereocenters. The van der Waals surface area contributed by atoms with Crippen molar-refractivity contribution in [2.24, 2.45) is 12.2 Å². The van der Waals surface area contributed by atoms with E-state index >= 15 is 0 Å². The van der Waals surface area contributed by atoms with Crippen LogP contribution in [-0.4, -0.2) is 22.3 Å². The second-order valence-electron chi connectivity index (χ2n) is 5.04. The molecule has 0 aliphatic rings. The third-order valence-corrected chi connectivity index (χ3v) is 3.04. The van der Waals surface area contributed by atoms with Crippen molar-refractivity contribution in [2.75, 3.05) is 6.26 Å². The van der Waals surface area contributed by atoms with Crippen molar-refractivity contribution in [1.82, 2.24) is 9.78 Å². The lowest BCUT2D eigenvalue weighted by Gasteiger charge is -2.02. The summed E-state index contributed by atoms with van der Waals surface area (Å²) >= 11 is 8.70.